The molecule has 2 aliphatic heterocycles. The summed E-state index contributed by atoms with van der Waals surface area (Å²) in [6, 6.07) is 18.1. The van der Waals surface area contributed by atoms with Crippen LogP contribution in [-0.4, -0.2) is 37.8 Å². The van der Waals surface area contributed by atoms with Gasteiger partial charge in [-0.3, -0.25) is 4.57 Å². The molecule has 2 bridgehead atoms. The number of benzene rings is 3. The second-order valence-corrected chi connectivity index (χ2v) is 10.00. The minimum absolute atomic E-state index is 0.166. The van der Waals surface area contributed by atoms with Gasteiger partial charge in [0, 0.05) is 12.8 Å². The molecule has 7 rings (SSSR count). The van der Waals surface area contributed by atoms with Gasteiger partial charge in [-0.2, -0.15) is 0 Å². The number of aromatic nitrogens is 2. The molecule has 5 aromatic rings. The van der Waals surface area contributed by atoms with Crippen molar-refractivity contribution >= 4 is 27.4 Å². The van der Waals surface area contributed by atoms with Gasteiger partial charge in [0.05, 0.1) is 41.5 Å². The maximum atomic E-state index is 11.6. The summed E-state index contributed by atoms with van der Waals surface area (Å²) in [6.07, 6.45) is -0.374. The molecule has 9 nitrogen and oxygen atoms in total. The summed E-state index contributed by atoms with van der Waals surface area (Å²) in [4.78, 5) is 3.61. The molecule has 0 amide bonds. The summed E-state index contributed by atoms with van der Waals surface area (Å²) in [6.45, 7) is 9.41. The van der Waals surface area contributed by atoms with Crippen LogP contribution in [0.15, 0.2) is 65.2 Å². The van der Waals surface area contributed by atoms with Gasteiger partial charge in [-0.05, 0) is 41.1 Å². The molecule has 38 heavy (non-hydrogen) atoms. The number of hydrogen-bond acceptors (Lipinski definition) is 7. The second kappa shape index (κ2) is 7.74. The number of aliphatic hydroxyl groups is 1. The van der Waals surface area contributed by atoms with Crippen LogP contribution >= 0.6 is 0 Å². The van der Waals surface area contributed by atoms with Crippen molar-refractivity contribution < 1.29 is 29.3 Å². The monoisotopic (exact) mass is 509 g/mol. The van der Waals surface area contributed by atoms with E-state index in [0.29, 0.717) is 51.2 Å². The number of hydrogen-bond donors (Lipinski definition) is 3. The fourth-order valence-electron chi connectivity index (χ4n) is 6.19. The lowest BCUT2D eigenvalue weighted by molar-refractivity contribution is -0.107. The van der Waals surface area contributed by atoms with E-state index in [1.807, 2.05) is 42.5 Å². The van der Waals surface area contributed by atoms with Gasteiger partial charge in [0.1, 0.15) is 11.2 Å². The quantitative estimate of drug-likeness (QED) is 0.272. The molecular formula is C29H23N3O6. The summed E-state index contributed by atoms with van der Waals surface area (Å²) in [5.74, 6) is -0.0157. The predicted octanol–water partition coefficient (Wildman–Crippen LogP) is 5.41. The molecule has 0 spiro atoms. The maximum absolute atomic E-state index is 11.6. The van der Waals surface area contributed by atoms with E-state index in [4.69, 9.17) is 20.6 Å². The highest BCUT2D eigenvalue weighted by Gasteiger charge is 2.66. The SMILES string of the molecule is [C-]#[N+]c1ccc(-n2c(O)c3c(c2O)C2(C)OC3(CCOc3noc4ccccc34)C[C@@H]2O)c2ccccc12. The average molecular weight is 510 g/mol. The number of ether oxygens (including phenoxy) is 2. The zero-order chi connectivity index (χ0) is 26.2. The number of fused-ring (bicyclic) bond motifs is 7. The average Bonchev–Trinajstić information content (AvgIpc) is 3.61. The van der Waals surface area contributed by atoms with Crippen molar-refractivity contribution in [2.75, 3.05) is 6.61 Å². The first kappa shape index (κ1) is 22.7. The fraction of sp³-hybridized carbons (Fsp3) is 0.241. The van der Waals surface area contributed by atoms with Crippen molar-refractivity contribution in [2.45, 2.75) is 37.1 Å². The van der Waals surface area contributed by atoms with Gasteiger partial charge in [0.15, 0.2) is 11.3 Å². The third-order valence-electron chi connectivity index (χ3n) is 7.97. The third kappa shape index (κ3) is 2.84. The van der Waals surface area contributed by atoms with Crippen LogP contribution in [0.4, 0.5) is 5.69 Å². The number of para-hydroxylation sites is 1. The predicted molar refractivity (Wildman–Crippen MR) is 138 cm³/mol. The van der Waals surface area contributed by atoms with Crippen LogP contribution in [0.2, 0.25) is 0 Å². The van der Waals surface area contributed by atoms with E-state index in [2.05, 4.69) is 10.0 Å². The highest BCUT2D eigenvalue weighted by molar-refractivity contribution is 6.00. The number of aliphatic hydroxyl groups excluding tert-OH is 1. The van der Waals surface area contributed by atoms with E-state index in [0.717, 1.165) is 5.39 Å². The van der Waals surface area contributed by atoms with Crippen molar-refractivity contribution in [2.24, 2.45) is 0 Å². The first-order valence-corrected chi connectivity index (χ1v) is 12.3. The van der Waals surface area contributed by atoms with Crippen LogP contribution in [0, 0.1) is 6.57 Å². The van der Waals surface area contributed by atoms with Crippen molar-refractivity contribution in [3.63, 3.8) is 0 Å². The minimum Gasteiger partial charge on any atom is -0.494 e. The number of aromatic hydroxyl groups is 2. The molecule has 9 heteroatoms. The molecule has 3 N–H and O–H groups in total. The molecule has 0 saturated carbocycles. The molecule has 190 valence electrons. The third-order valence-corrected chi connectivity index (χ3v) is 7.97. The van der Waals surface area contributed by atoms with Gasteiger partial charge in [0.2, 0.25) is 11.8 Å². The summed E-state index contributed by atoms with van der Waals surface area (Å²) in [7, 11) is 0. The smallest absolute Gasteiger partial charge is 0.262 e. The number of nitrogens with zero attached hydrogens (tertiary/aromatic N) is 3. The molecule has 4 heterocycles. The highest BCUT2D eigenvalue weighted by atomic mass is 16.6. The van der Waals surface area contributed by atoms with E-state index < -0.39 is 17.3 Å². The molecule has 0 radical (unpaired) electrons. The van der Waals surface area contributed by atoms with E-state index in [9.17, 15) is 15.3 Å². The Balaban J connectivity index is 1.32. The Kier molecular flexibility index (Phi) is 4.62. The zero-order valence-electron chi connectivity index (χ0n) is 20.4. The Morgan fingerprint density at radius 2 is 1.74 bits per heavy atom. The van der Waals surface area contributed by atoms with E-state index in [1.165, 1.54) is 4.57 Å². The Labute approximate surface area is 216 Å². The molecular weight excluding hydrogens is 486 g/mol. The van der Waals surface area contributed by atoms with E-state index in [-0.39, 0.29) is 24.8 Å². The van der Waals surface area contributed by atoms with Gasteiger partial charge >= 0.3 is 0 Å². The molecule has 3 atom stereocenters. The lowest BCUT2D eigenvalue weighted by Crippen LogP contribution is -2.33. The Morgan fingerprint density at radius 3 is 2.53 bits per heavy atom. The fourth-order valence-corrected chi connectivity index (χ4v) is 6.19. The first-order valence-electron chi connectivity index (χ1n) is 12.3. The van der Waals surface area contributed by atoms with Crippen molar-refractivity contribution in [1.29, 1.82) is 0 Å². The lowest BCUT2D eigenvalue weighted by atomic mass is 9.76. The van der Waals surface area contributed by atoms with Crippen LogP contribution in [0.25, 0.3) is 32.3 Å². The Bertz CT molecular complexity index is 1800. The minimum atomic E-state index is -1.21. The van der Waals surface area contributed by atoms with Gasteiger partial charge in [-0.25, -0.2) is 4.85 Å². The van der Waals surface area contributed by atoms with E-state index >= 15 is 0 Å². The summed E-state index contributed by atoms with van der Waals surface area (Å²) in [5, 5.41) is 40.3. The zero-order valence-corrected chi connectivity index (χ0v) is 20.4. The molecule has 3 aromatic carbocycles. The number of rotatable bonds is 5. The first-order chi connectivity index (χ1) is 18.4. The molecule has 1 fully saturated rings. The molecule has 0 aliphatic carbocycles. The standard InChI is InChI=1S/C29H23N3O6/c1-28-22(33)15-29(38-28,13-14-36-25-18-9-5-6-10-21(18)37-31-25)24-23(28)26(34)32(27(24)35)20-12-11-19(30-2)16-7-3-4-8-17(16)20/h3-12,22,33-35H,13-15H2,1H3/t22-,28?,29?/m0/s1. The normalized spacial score (nSPS) is 23.7. The van der Waals surface area contributed by atoms with Crippen molar-refractivity contribution in [3.8, 4) is 23.3 Å². The Hall–Kier alpha value is -4.52. The highest BCUT2D eigenvalue weighted by Crippen LogP contribution is 2.65. The molecule has 2 unspecified atom stereocenters. The van der Waals surface area contributed by atoms with Crippen LogP contribution in [0.1, 0.15) is 30.9 Å². The van der Waals surface area contributed by atoms with Crippen LogP contribution in [-0.2, 0) is 15.9 Å². The summed E-state index contributed by atoms with van der Waals surface area (Å²) >= 11 is 0. The molecule has 1 saturated heterocycles. The lowest BCUT2D eigenvalue weighted by Gasteiger charge is -2.26. The van der Waals surface area contributed by atoms with Gasteiger partial charge < -0.3 is 29.3 Å². The molecule has 2 aliphatic rings. The van der Waals surface area contributed by atoms with Crippen LogP contribution in [0.3, 0.4) is 0 Å². The van der Waals surface area contributed by atoms with E-state index in [1.54, 1.807) is 25.1 Å². The maximum Gasteiger partial charge on any atom is 0.262 e. The van der Waals surface area contributed by atoms with Crippen LogP contribution < -0.4 is 4.74 Å². The van der Waals surface area contributed by atoms with Crippen molar-refractivity contribution in [3.05, 3.63) is 83.2 Å². The summed E-state index contributed by atoms with van der Waals surface area (Å²) < 4.78 is 19.0. The van der Waals surface area contributed by atoms with Gasteiger partial charge in [0.25, 0.3) is 5.88 Å². The second-order valence-electron chi connectivity index (χ2n) is 10.00. The van der Waals surface area contributed by atoms with Crippen LogP contribution in [0.5, 0.6) is 17.6 Å². The molecule has 2 aromatic heterocycles. The van der Waals surface area contributed by atoms with Gasteiger partial charge in [-0.1, -0.05) is 42.5 Å². The topological polar surface area (TPSA) is 114 Å². The Morgan fingerprint density at radius 1 is 1.03 bits per heavy atom. The summed E-state index contributed by atoms with van der Waals surface area (Å²) in [5.41, 5.74) is 0.115. The van der Waals surface area contributed by atoms with Crippen molar-refractivity contribution in [1.82, 2.24) is 9.72 Å². The largest absolute Gasteiger partial charge is 0.494 e. The van der Waals surface area contributed by atoms with Gasteiger partial charge in [-0.15, -0.1) is 0 Å².